The van der Waals surface area contributed by atoms with Crippen molar-refractivity contribution in [3.8, 4) is 0 Å². The molecule has 6 heteroatoms. The highest BCUT2D eigenvalue weighted by Gasteiger charge is 2.12. The maximum Gasteiger partial charge on any atom is 0.147 e. The summed E-state index contributed by atoms with van der Waals surface area (Å²) in [6.45, 7) is 4.78. The number of ether oxygens (including phenoxy) is 1. The Morgan fingerprint density at radius 3 is 2.77 bits per heavy atom. The molecule has 0 amide bonds. The summed E-state index contributed by atoms with van der Waals surface area (Å²) >= 11 is 6.11. The van der Waals surface area contributed by atoms with Gasteiger partial charge in [0.25, 0.3) is 0 Å². The highest BCUT2D eigenvalue weighted by molar-refractivity contribution is 6.31. The average molecular weight is 319 g/mol. The molecule has 1 saturated heterocycles. The van der Waals surface area contributed by atoms with Crippen LogP contribution in [0.2, 0.25) is 5.02 Å². The molecule has 1 aromatic carbocycles. The number of aromatic nitrogens is 2. The van der Waals surface area contributed by atoms with Crippen LogP contribution in [0.1, 0.15) is 11.3 Å². The molecule has 2 aromatic rings. The predicted octanol–water partition coefficient (Wildman–Crippen LogP) is 2.26. The van der Waals surface area contributed by atoms with Crippen molar-refractivity contribution in [2.45, 2.75) is 13.2 Å². The maximum atomic E-state index is 6.11. The zero-order chi connectivity index (χ0) is 15.2. The third kappa shape index (κ3) is 3.94. The number of hydrogen-bond donors (Lipinski definition) is 1. The van der Waals surface area contributed by atoms with Gasteiger partial charge in [-0.25, -0.2) is 4.98 Å². The molecule has 0 saturated carbocycles. The van der Waals surface area contributed by atoms with E-state index in [1.54, 1.807) is 6.20 Å². The van der Waals surface area contributed by atoms with Gasteiger partial charge in [0, 0.05) is 31.2 Å². The zero-order valence-corrected chi connectivity index (χ0v) is 13.1. The quantitative estimate of drug-likeness (QED) is 0.916. The van der Waals surface area contributed by atoms with Crippen molar-refractivity contribution in [1.82, 2.24) is 15.3 Å². The Kier molecular flexibility index (Phi) is 5.21. The summed E-state index contributed by atoms with van der Waals surface area (Å²) in [5.74, 6) is 0.917. The summed E-state index contributed by atoms with van der Waals surface area (Å²) in [5.41, 5.74) is 1.82. The van der Waals surface area contributed by atoms with Gasteiger partial charge in [-0.1, -0.05) is 29.8 Å². The van der Waals surface area contributed by atoms with E-state index in [0.717, 1.165) is 48.3 Å². The largest absolute Gasteiger partial charge is 0.370 e. The lowest BCUT2D eigenvalue weighted by Gasteiger charge is -2.28. The molecule has 1 aliphatic heterocycles. The third-order valence-corrected chi connectivity index (χ3v) is 3.95. The second-order valence-electron chi connectivity index (χ2n) is 5.19. The minimum atomic E-state index is 0.429. The molecule has 0 aliphatic carbocycles. The highest BCUT2D eigenvalue weighted by atomic mass is 35.5. The molecule has 1 fully saturated rings. The number of nitrogens with zero attached hydrogens (tertiary/aromatic N) is 3. The minimum absolute atomic E-state index is 0.429. The normalized spacial score (nSPS) is 15.0. The molecule has 1 aromatic heterocycles. The standard InChI is InChI=1S/C16H19ClN4O/c17-15-4-2-1-3-13(15)11-22-12-14-9-19-10-16(20-14)21-7-5-18-6-8-21/h1-4,9-10,18H,5-8,11-12H2. The lowest BCUT2D eigenvalue weighted by molar-refractivity contribution is 0.104. The van der Waals surface area contributed by atoms with Gasteiger partial charge in [0.05, 0.1) is 31.3 Å². The van der Waals surface area contributed by atoms with E-state index in [9.17, 15) is 0 Å². The van der Waals surface area contributed by atoms with Crippen LogP contribution in [-0.2, 0) is 18.0 Å². The molecule has 0 atom stereocenters. The van der Waals surface area contributed by atoms with Crippen LogP contribution < -0.4 is 10.2 Å². The van der Waals surface area contributed by atoms with Crippen molar-refractivity contribution in [2.24, 2.45) is 0 Å². The Bertz CT molecular complexity index is 617. The Labute approximate surface area is 135 Å². The average Bonchev–Trinajstić information content (AvgIpc) is 2.58. The zero-order valence-electron chi connectivity index (χ0n) is 12.3. The molecule has 22 heavy (non-hydrogen) atoms. The summed E-state index contributed by atoms with van der Waals surface area (Å²) in [7, 11) is 0. The number of piperazine rings is 1. The van der Waals surface area contributed by atoms with Crippen molar-refractivity contribution in [3.63, 3.8) is 0 Å². The van der Waals surface area contributed by atoms with Gasteiger partial charge >= 0.3 is 0 Å². The van der Waals surface area contributed by atoms with Crippen LogP contribution in [0.25, 0.3) is 0 Å². The topological polar surface area (TPSA) is 50.3 Å². The van der Waals surface area contributed by atoms with Crippen LogP contribution in [0.4, 0.5) is 5.82 Å². The number of benzene rings is 1. The van der Waals surface area contributed by atoms with Crippen LogP contribution in [-0.4, -0.2) is 36.1 Å². The fraction of sp³-hybridized carbons (Fsp3) is 0.375. The monoisotopic (exact) mass is 318 g/mol. The van der Waals surface area contributed by atoms with Gasteiger partial charge in [-0.05, 0) is 11.6 Å². The van der Waals surface area contributed by atoms with E-state index >= 15 is 0 Å². The molecule has 1 aliphatic rings. The van der Waals surface area contributed by atoms with Crippen LogP contribution in [0.5, 0.6) is 0 Å². The molecule has 2 heterocycles. The first-order chi connectivity index (χ1) is 10.8. The van der Waals surface area contributed by atoms with E-state index in [4.69, 9.17) is 16.3 Å². The Balaban J connectivity index is 1.57. The maximum absolute atomic E-state index is 6.11. The van der Waals surface area contributed by atoms with E-state index in [-0.39, 0.29) is 0 Å². The number of rotatable bonds is 5. The SMILES string of the molecule is Clc1ccccc1COCc1cncc(N2CCNCC2)n1. The second-order valence-corrected chi connectivity index (χ2v) is 5.60. The van der Waals surface area contributed by atoms with Crippen molar-refractivity contribution in [2.75, 3.05) is 31.1 Å². The van der Waals surface area contributed by atoms with Crippen molar-refractivity contribution in [1.29, 1.82) is 0 Å². The Morgan fingerprint density at radius 1 is 1.14 bits per heavy atom. The predicted molar refractivity (Wildman–Crippen MR) is 87.1 cm³/mol. The molecule has 1 N–H and O–H groups in total. The van der Waals surface area contributed by atoms with Gasteiger partial charge in [0.15, 0.2) is 0 Å². The van der Waals surface area contributed by atoms with Gasteiger partial charge in [-0.3, -0.25) is 4.98 Å². The van der Waals surface area contributed by atoms with Crippen LogP contribution >= 0.6 is 11.6 Å². The molecule has 3 rings (SSSR count). The molecule has 0 bridgehead atoms. The lowest BCUT2D eigenvalue weighted by atomic mass is 10.2. The van der Waals surface area contributed by atoms with E-state index in [0.29, 0.717) is 13.2 Å². The van der Waals surface area contributed by atoms with E-state index in [1.807, 2.05) is 30.5 Å². The molecular formula is C16H19ClN4O. The molecule has 0 spiro atoms. The van der Waals surface area contributed by atoms with E-state index in [2.05, 4.69) is 20.2 Å². The van der Waals surface area contributed by atoms with E-state index in [1.165, 1.54) is 0 Å². The van der Waals surface area contributed by atoms with Crippen LogP contribution in [0, 0.1) is 0 Å². The summed E-state index contributed by atoms with van der Waals surface area (Å²) < 4.78 is 5.71. The molecular weight excluding hydrogens is 300 g/mol. The fourth-order valence-electron chi connectivity index (χ4n) is 2.39. The van der Waals surface area contributed by atoms with Crippen LogP contribution in [0.15, 0.2) is 36.7 Å². The Hall–Kier alpha value is -1.69. The second kappa shape index (κ2) is 7.54. The lowest BCUT2D eigenvalue weighted by Crippen LogP contribution is -2.44. The first-order valence-corrected chi connectivity index (χ1v) is 7.78. The minimum Gasteiger partial charge on any atom is -0.370 e. The number of hydrogen-bond acceptors (Lipinski definition) is 5. The van der Waals surface area contributed by atoms with Crippen molar-refractivity contribution < 1.29 is 4.74 Å². The molecule has 116 valence electrons. The van der Waals surface area contributed by atoms with Gasteiger partial charge in [-0.15, -0.1) is 0 Å². The van der Waals surface area contributed by atoms with Gasteiger partial charge < -0.3 is 15.0 Å². The third-order valence-electron chi connectivity index (χ3n) is 3.58. The summed E-state index contributed by atoms with van der Waals surface area (Å²) in [6, 6.07) is 7.69. The highest BCUT2D eigenvalue weighted by Crippen LogP contribution is 2.16. The first-order valence-electron chi connectivity index (χ1n) is 7.40. The van der Waals surface area contributed by atoms with Gasteiger partial charge in [0.2, 0.25) is 0 Å². The number of nitrogens with one attached hydrogen (secondary N) is 1. The molecule has 5 nitrogen and oxygen atoms in total. The molecule has 0 radical (unpaired) electrons. The number of anilines is 1. The van der Waals surface area contributed by atoms with E-state index < -0.39 is 0 Å². The fourth-order valence-corrected chi connectivity index (χ4v) is 2.58. The van der Waals surface area contributed by atoms with Crippen molar-refractivity contribution in [3.05, 3.63) is 52.9 Å². The summed E-state index contributed by atoms with van der Waals surface area (Å²) in [6.07, 6.45) is 3.56. The number of halogens is 1. The Morgan fingerprint density at radius 2 is 1.95 bits per heavy atom. The summed E-state index contributed by atoms with van der Waals surface area (Å²) in [4.78, 5) is 11.1. The first kappa shape index (κ1) is 15.2. The van der Waals surface area contributed by atoms with Gasteiger partial charge in [0.1, 0.15) is 5.82 Å². The summed E-state index contributed by atoms with van der Waals surface area (Å²) in [5, 5.41) is 4.05. The molecule has 0 unspecified atom stereocenters. The van der Waals surface area contributed by atoms with Gasteiger partial charge in [-0.2, -0.15) is 0 Å². The van der Waals surface area contributed by atoms with Crippen LogP contribution in [0.3, 0.4) is 0 Å². The smallest absolute Gasteiger partial charge is 0.147 e. The van der Waals surface area contributed by atoms with Crippen molar-refractivity contribution >= 4 is 17.4 Å².